The summed E-state index contributed by atoms with van der Waals surface area (Å²) in [6.07, 6.45) is 0.573. The quantitative estimate of drug-likeness (QED) is 0.162. The summed E-state index contributed by atoms with van der Waals surface area (Å²) < 4.78 is 40.8. The van der Waals surface area contributed by atoms with Crippen LogP contribution in [-0.4, -0.2) is 96.8 Å². The molecule has 3 aliphatic rings. The monoisotopic (exact) mass is 713 g/mol. The molecule has 0 aliphatic carbocycles. The average Bonchev–Trinajstić information content (AvgIpc) is 3.15. The zero-order valence-corrected chi connectivity index (χ0v) is 28.9. The third-order valence-corrected chi connectivity index (χ3v) is 10.2. The molecule has 1 amide bonds. The number of fused-ring (bicyclic) bond motifs is 2. The van der Waals surface area contributed by atoms with Gasteiger partial charge in [0.2, 0.25) is 6.54 Å². The summed E-state index contributed by atoms with van der Waals surface area (Å²) in [5.74, 6) is -1.66. The van der Waals surface area contributed by atoms with Crippen molar-refractivity contribution in [3.05, 3.63) is 112 Å². The van der Waals surface area contributed by atoms with Gasteiger partial charge < -0.3 is 29.0 Å². The van der Waals surface area contributed by atoms with Crippen LogP contribution >= 0.6 is 11.6 Å². The maximum absolute atomic E-state index is 14.7. The van der Waals surface area contributed by atoms with Gasteiger partial charge in [-0.2, -0.15) is 9.97 Å². The fourth-order valence-corrected chi connectivity index (χ4v) is 7.52. The van der Waals surface area contributed by atoms with E-state index in [-0.39, 0.29) is 36.7 Å². The lowest BCUT2D eigenvalue weighted by Crippen LogP contribution is -2.57. The Kier molecular flexibility index (Phi) is 10.3. The number of aromatic nitrogens is 2. The normalized spacial score (nSPS) is 19.5. The molecule has 4 heterocycles. The Morgan fingerprint density at radius 1 is 1.04 bits per heavy atom. The summed E-state index contributed by atoms with van der Waals surface area (Å²) in [4.78, 5) is 34.0. The number of anilines is 2. The number of rotatable bonds is 9. The third kappa shape index (κ3) is 7.33. The highest BCUT2D eigenvalue weighted by atomic mass is 35.5. The molecule has 0 N–H and O–H groups in total. The van der Waals surface area contributed by atoms with Crippen molar-refractivity contribution in [3.63, 3.8) is 0 Å². The zero-order valence-electron chi connectivity index (χ0n) is 28.1. The smallest absolute Gasteiger partial charge is 0.318 e. The lowest BCUT2D eigenvalue weighted by Gasteiger charge is -2.41. The topological polar surface area (TPSA) is 78.6 Å². The van der Waals surface area contributed by atoms with Crippen molar-refractivity contribution in [2.45, 2.75) is 31.6 Å². The standard InChI is InChI=1S/C38H38ClF2N7O3/c1-25(40)37(49)48-16-15-47(21-28(48)19-42-2)36-30-13-14-46(33-10-6-9-27-11-12-31(41)35(39)34(27)33)22-32(30)43-38(44-36)51-24-29-23-50-18-17-45(29)20-26-7-4-3-5-8-26/h3-12,28-29H,1,13-24H2/t28-,29-/m0/s1. The molecule has 7 rings (SSSR count). The first-order valence-electron chi connectivity index (χ1n) is 17.0. The molecule has 13 heteroatoms. The Balaban J connectivity index is 1.20. The first-order chi connectivity index (χ1) is 24.8. The molecule has 0 bridgehead atoms. The number of nitrogens with zero attached hydrogens (tertiary/aromatic N) is 7. The van der Waals surface area contributed by atoms with Gasteiger partial charge in [0.25, 0.3) is 5.91 Å². The van der Waals surface area contributed by atoms with E-state index in [9.17, 15) is 13.6 Å². The van der Waals surface area contributed by atoms with Crippen molar-refractivity contribution in [1.82, 2.24) is 19.8 Å². The second-order valence-corrected chi connectivity index (χ2v) is 13.4. The minimum Gasteiger partial charge on any atom is -0.462 e. The number of carbonyl (C=O) groups is 1. The summed E-state index contributed by atoms with van der Waals surface area (Å²) >= 11 is 6.53. The van der Waals surface area contributed by atoms with Crippen LogP contribution < -0.4 is 14.5 Å². The van der Waals surface area contributed by atoms with E-state index in [1.165, 1.54) is 16.5 Å². The molecule has 0 spiro atoms. The van der Waals surface area contributed by atoms with E-state index in [4.69, 9.17) is 37.6 Å². The highest BCUT2D eigenvalue weighted by Gasteiger charge is 2.36. The van der Waals surface area contributed by atoms with Crippen LogP contribution in [-0.2, 0) is 29.0 Å². The van der Waals surface area contributed by atoms with Crippen molar-refractivity contribution in [3.8, 4) is 6.01 Å². The van der Waals surface area contributed by atoms with Gasteiger partial charge in [-0.1, -0.05) is 66.7 Å². The van der Waals surface area contributed by atoms with Crippen LogP contribution in [0.3, 0.4) is 0 Å². The number of ether oxygens (including phenoxy) is 2. The van der Waals surface area contributed by atoms with Crippen LogP contribution in [0, 0.1) is 12.4 Å². The molecule has 1 aromatic heterocycles. The first-order valence-corrected chi connectivity index (χ1v) is 17.4. The van der Waals surface area contributed by atoms with Gasteiger partial charge >= 0.3 is 6.01 Å². The molecule has 51 heavy (non-hydrogen) atoms. The van der Waals surface area contributed by atoms with Crippen LogP contribution in [0.25, 0.3) is 15.6 Å². The molecule has 3 aliphatic heterocycles. The Morgan fingerprint density at radius 2 is 1.88 bits per heavy atom. The summed E-state index contributed by atoms with van der Waals surface area (Å²) in [6, 6.07) is 18.8. The van der Waals surface area contributed by atoms with E-state index >= 15 is 0 Å². The van der Waals surface area contributed by atoms with Crippen molar-refractivity contribution in [2.24, 2.45) is 0 Å². The molecule has 10 nitrogen and oxygen atoms in total. The van der Waals surface area contributed by atoms with E-state index in [1.54, 1.807) is 6.07 Å². The number of piperazine rings is 1. The fourth-order valence-electron chi connectivity index (χ4n) is 7.25. The number of hydrogen-bond donors (Lipinski definition) is 0. The first kappa shape index (κ1) is 34.6. The van der Waals surface area contributed by atoms with E-state index in [0.29, 0.717) is 57.1 Å². The number of morpholine rings is 1. The van der Waals surface area contributed by atoms with E-state index < -0.39 is 23.6 Å². The van der Waals surface area contributed by atoms with Gasteiger partial charge in [0.1, 0.15) is 24.3 Å². The number of halogens is 3. The van der Waals surface area contributed by atoms with Crippen molar-refractivity contribution in [1.29, 1.82) is 0 Å². The Hall–Kier alpha value is -4.83. The number of hydrogen-bond acceptors (Lipinski definition) is 8. The van der Waals surface area contributed by atoms with Gasteiger partial charge in [-0.15, -0.1) is 0 Å². The maximum Gasteiger partial charge on any atom is 0.318 e. The highest BCUT2D eigenvalue weighted by molar-refractivity contribution is 6.36. The predicted molar refractivity (Wildman–Crippen MR) is 192 cm³/mol. The summed E-state index contributed by atoms with van der Waals surface area (Å²) in [5, 5.41) is 1.55. The zero-order chi connectivity index (χ0) is 35.5. The minimum absolute atomic E-state index is 0.0112. The molecule has 2 fully saturated rings. The van der Waals surface area contributed by atoms with Crippen molar-refractivity contribution < 1.29 is 23.0 Å². The Labute approximate surface area is 300 Å². The predicted octanol–water partition coefficient (Wildman–Crippen LogP) is 5.68. The van der Waals surface area contributed by atoms with E-state index in [1.807, 2.05) is 41.3 Å². The van der Waals surface area contributed by atoms with Crippen molar-refractivity contribution >= 4 is 39.8 Å². The summed E-state index contributed by atoms with van der Waals surface area (Å²) in [6.45, 7) is 15.5. The van der Waals surface area contributed by atoms with Gasteiger partial charge in [0.05, 0.1) is 36.5 Å². The van der Waals surface area contributed by atoms with Gasteiger partial charge in [-0.3, -0.25) is 9.69 Å². The molecule has 0 unspecified atom stereocenters. The van der Waals surface area contributed by atoms with Crippen LogP contribution in [0.2, 0.25) is 5.02 Å². The highest BCUT2D eigenvalue weighted by Crippen LogP contribution is 2.38. The van der Waals surface area contributed by atoms with E-state index in [0.717, 1.165) is 35.4 Å². The number of benzene rings is 3. The molecule has 2 saturated heterocycles. The van der Waals surface area contributed by atoms with Gasteiger partial charge in [0.15, 0.2) is 5.83 Å². The number of amides is 1. The molecule has 4 aromatic rings. The van der Waals surface area contributed by atoms with Crippen LogP contribution in [0.4, 0.5) is 20.3 Å². The Bertz CT molecular complexity index is 1980. The van der Waals surface area contributed by atoms with Gasteiger partial charge in [0, 0.05) is 55.9 Å². The maximum atomic E-state index is 14.7. The van der Waals surface area contributed by atoms with Gasteiger partial charge in [-0.25, -0.2) is 15.4 Å². The molecule has 0 saturated carbocycles. The second-order valence-electron chi connectivity index (χ2n) is 13.0. The van der Waals surface area contributed by atoms with E-state index in [2.05, 4.69) is 33.4 Å². The largest absolute Gasteiger partial charge is 0.462 e. The lowest BCUT2D eigenvalue weighted by atomic mass is 10.0. The molecular weight excluding hydrogens is 676 g/mol. The second kappa shape index (κ2) is 15.2. The Morgan fingerprint density at radius 3 is 2.69 bits per heavy atom. The molecular formula is C38H38ClF2N7O3. The average molecular weight is 714 g/mol. The minimum atomic E-state index is -1.05. The van der Waals surface area contributed by atoms with Crippen LogP contribution in [0.5, 0.6) is 6.01 Å². The lowest BCUT2D eigenvalue weighted by molar-refractivity contribution is -0.131. The third-order valence-electron chi connectivity index (χ3n) is 9.84. The molecule has 264 valence electrons. The molecule has 3 aromatic carbocycles. The molecule has 0 radical (unpaired) electrons. The number of carbonyl (C=O) groups excluding carboxylic acids is 1. The van der Waals surface area contributed by atoms with Crippen LogP contribution in [0.1, 0.15) is 16.8 Å². The van der Waals surface area contributed by atoms with Crippen LogP contribution in [0.15, 0.2) is 73.1 Å². The SMILES string of the molecule is [C-]#[N+]C[C@H]1CN(c2nc(OC[C@@H]3COCCN3Cc3ccccc3)nc3c2CCN(c2cccc4ccc(F)c(Cl)c24)C3)CCN1C(=O)C(=C)F. The fraction of sp³-hybridized carbons (Fsp3) is 0.368. The molecule has 2 atom stereocenters. The summed E-state index contributed by atoms with van der Waals surface area (Å²) in [7, 11) is 0. The van der Waals surface area contributed by atoms with Crippen molar-refractivity contribution in [2.75, 3.05) is 68.9 Å². The summed E-state index contributed by atoms with van der Waals surface area (Å²) in [5.41, 5.74) is 3.69. The van der Waals surface area contributed by atoms with Gasteiger partial charge in [-0.05, 0) is 29.5 Å².